The molecule has 0 bridgehead atoms. The molecule has 0 aliphatic heterocycles. The molecule has 15 heavy (non-hydrogen) atoms. The van der Waals surface area contributed by atoms with E-state index in [2.05, 4.69) is 4.74 Å². The zero-order valence-corrected chi connectivity index (χ0v) is 8.39. The number of nitrogens with two attached hydrogens (primary N) is 3. The summed E-state index contributed by atoms with van der Waals surface area (Å²) in [4.78, 5) is 21.4. The number of carboxylic acids is 1. The van der Waals surface area contributed by atoms with Gasteiger partial charge in [-0.15, -0.1) is 0 Å². The monoisotopic (exact) mass is 219 g/mol. The third kappa shape index (κ3) is 6.00. The van der Waals surface area contributed by atoms with Crippen LogP contribution >= 0.6 is 0 Å². The molecule has 0 spiro atoms. The summed E-state index contributed by atoms with van der Waals surface area (Å²) in [5.74, 6) is -1.88. The molecular weight excluding hydrogens is 202 g/mol. The molecule has 0 radical (unpaired) electrons. The van der Waals surface area contributed by atoms with Crippen molar-refractivity contribution in [2.45, 2.75) is 24.9 Å². The van der Waals surface area contributed by atoms with Crippen LogP contribution in [0, 0.1) is 0 Å². The van der Waals surface area contributed by atoms with Crippen LogP contribution in [0.2, 0.25) is 0 Å². The molecule has 0 unspecified atom stereocenters. The molecule has 0 rings (SSSR count). The van der Waals surface area contributed by atoms with E-state index in [0.29, 0.717) is 19.4 Å². The molecule has 7 heteroatoms. The fourth-order valence-corrected chi connectivity index (χ4v) is 0.806. The van der Waals surface area contributed by atoms with Crippen LogP contribution in [0.25, 0.3) is 0 Å². The van der Waals surface area contributed by atoms with Crippen LogP contribution in [0.4, 0.5) is 0 Å². The molecule has 0 aromatic carbocycles. The second-order valence-electron chi connectivity index (χ2n) is 3.11. The number of hydrogen-bond acceptors (Lipinski definition) is 6. The summed E-state index contributed by atoms with van der Waals surface area (Å²) in [7, 11) is 0. The fourth-order valence-electron chi connectivity index (χ4n) is 0.806. The van der Waals surface area contributed by atoms with Crippen molar-refractivity contribution in [3.63, 3.8) is 0 Å². The van der Waals surface area contributed by atoms with Gasteiger partial charge in [0.05, 0.1) is 0 Å². The van der Waals surface area contributed by atoms with Gasteiger partial charge in [0.2, 0.25) is 0 Å². The first-order valence-electron chi connectivity index (χ1n) is 4.59. The number of ether oxygens (including phenoxy) is 1. The van der Waals surface area contributed by atoms with Crippen molar-refractivity contribution in [1.82, 2.24) is 0 Å². The van der Waals surface area contributed by atoms with Gasteiger partial charge in [-0.1, -0.05) is 0 Å². The van der Waals surface area contributed by atoms with Gasteiger partial charge in [-0.2, -0.15) is 0 Å². The molecule has 0 fully saturated rings. The minimum absolute atomic E-state index is 0.371. The van der Waals surface area contributed by atoms with Gasteiger partial charge in [0.15, 0.2) is 0 Å². The molecule has 0 aliphatic rings. The van der Waals surface area contributed by atoms with Crippen molar-refractivity contribution >= 4 is 11.9 Å². The summed E-state index contributed by atoms with van der Waals surface area (Å²) in [5.41, 5.74) is 15.8. The van der Waals surface area contributed by atoms with Crippen LogP contribution in [0.3, 0.4) is 0 Å². The lowest BCUT2D eigenvalue weighted by atomic mass is 10.2. The van der Waals surface area contributed by atoms with E-state index in [0.717, 1.165) is 0 Å². The van der Waals surface area contributed by atoms with Gasteiger partial charge in [0, 0.05) is 0 Å². The molecule has 88 valence electrons. The summed E-state index contributed by atoms with van der Waals surface area (Å²) in [6.07, 6.45) is 1.03. The maximum atomic E-state index is 11.1. The van der Waals surface area contributed by atoms with E-state index in [1.807, 2.05) is 0 Å². The van der Waals surface area contributed by atoms with E-state index >= 15 is 0 Å². The highest BCUT2D eigenvalue weighted by molar-refractivity contribution is 5.77. The Morgan fingerprint density at radius 3 is 2.33 bits per heavy atom. The molecular formula is C8H17N3O4. The molecule has 0 aromatic rings. The van der Waals surface area contributed by atoms with Crippen LogP contribution in [-0.2, 0) is 14.3 Å². The zero-order chi connectivity index (χ0) is 11.8. The van der Waals surface area contributed by atoms with Crippen LogP contribution in [0.15, 0.2) is 0 Å². The smallest absolute Gasteiger partial charge is 0.324 e. The molecule has 7 nitrogen and oxygen atoms in total. The molecule has 0 amide bonds. The predicted octanol–water partition coefficient (Wildman–Crippen LogP) is -1.99. The summed E-state index contributed by atoms with van der Waals surface area (Å²) in [6, 6.07) is -1.98. The number of carboxylic acid groups (broad SMARTS) is 1. The molecule has 2 atom stereocenters. The van der Waals surface area contributed by atoms with Crippen molar-refractivity contribution in [3.8, 4) is 0 Å². The van der Waals surface area contributed by atoms with Crippen molar-refractivity contribution < 1.29 is 19.4 Å². The first-order valence-corrected chi connectivity index (χ1v) is 4.59. The van der Waals surface area contributed by atoms with Gasteiger partial charge >= 0.3 is 11.9 Å². The van der Waals surface area contributed by atoms with Gasteiger partial charge in [-0.3, -0.25) is 9.59 Å². The number of hydrogen-bond donors (Lipinski definition) is 4. The van der Waals surface area contributed by atoms with E-state index in [1.54, 1.807) is 0 Å². The fraction of sp³-hybridized carbons (Fsp3) is 0.750. The number of carbonyl (C=O) groups is 2. The normalized spacial score (nSPS) is 14.3. The second-order valence-corrected chi connectivity index (χ2v) is 3.11. The van der Waals surface area contributed by atoms with Crippen LogP contribution in [0.1, 0.15) is 12.8 Å². The standard InChI is InChI=1S/C8H17N3O4/c9-3-1-2-5(10)8(14)15-4-6(11)7(12)13/h5-6H,1-4,9-11H2,(H,12,13)/t5-,6-/m0/s1. The van der Waals surface area contributed by atoms with Gasteiger partial charge < -0.3 is 27.0 Å². The van der Waals surface area contributed by atoms with Crippen molar-refractivity contribution in [1.29, 1.82) is 0 Å². The molecule has 0 heterocycles. The lowest BCUT2D eigenvalue weighted by Gasteiger charge is -2.12. The van der Waals surface area contributed by atoms with Crippen molar-refractivity contribution in [3.05, 3.63) is 0 Å². The van der Waals surface area contributed by atoms with Crippen LogP contribution < -0.4 is 17.2 Å². The van der Waals surface area contributed by atoms with E-state index < -0.39 is 24.0 Å². The Bertz CT molecular complexity index is 222. The van der Waals surface area contributed by atoms with E-state index in [-0.39, 0.29) is 6.61 Å². The first kappa shape index (κ1) is 13.8. The third-order valence-electron chi connectivity index (χ3n) is 1.74. The largest absolute Gasteiger partial charge is 0.480 e. The molecule has 7 N–H and O–H groups in total. The summed E-state index contributed by atoms with van der Waals surface area (Å²) in [5, 5.41) is 8.41. The Kier molecular flexibility index (Phi) is 6.59. The highest BCUT2D eigenvalue weighted by Crippen LogP contribution is 1.96. The van der Waals surface area contributed by atoms with Gasteiger partial charge in [-0.05, 0) is 19.4 Å². The minimum Gasteiger partial charge on any atom is -0.480 e. The summed E-state index contributed by atoms with van der Waals surface area (Å²) in [6.45, 7) is 0.0696. The summed E-state index contributed by atoms with van der Waals surface area (Å²) < 4.78 is 4.61. The minimum atomic E-state index is -1.22. The van der Waals surface area contributed by atoms with Crippen molar-refractivity contribution in [2.24, 2.45) is 17.2 Å². The number of esters is 1. The molecule has 0 saturated carbocycles. The van der Waals surface area contributed by atoms with E-state index in [1.165, 1.54) is 0 Å². The Labute approximate surface area is 87.5 Å². The maximum Gasteiger partial charge on any atom is 0.324 e. The van der Waals surface area contributed by atoms with Gasteiger partial charge in [0.1, 0.15) is 18.7 Å². The topological polar surface area (TPSA) is 142 Å². The maximum absolute atomic E-state index is 11.1. The second kappa shape index (κ2) is 7.16. The third-order valence-corrected chi connectivity index (χ3v) is 1.74. The average Bonchev–Trinajstić information content (AvgIpc) is 2.21. The van der Waals surface area contributed by atoms with Crippen LogP contribution in [0.5, 0.6) is 0 Å². The number of aliphatic carboxylic acids is 1. The van der Waals surface area contributed by atoms with E-state index in [9.17, 15) is 9.59 Å². The lowest BCUT2D eigenvalue weighted by Crippen LogP contribution is -2.39. The van der Waals surface area contributed by atoms with Gasteiger partial charge in [0.25, 0.3) is 0 Å². The quantitative estimate of drug-likeness (QED) is 0.363. The number of carbonyl (C=O) groups excluding carboxylic acids is 1. The highest BCUT2D eigenvalue weighted by Gasteiger charge is 2.18. The first-order chi connectivity index (χ1) is 6.99. The van der Waals surface area contributed by atoms with Crippen LogP contribution in [-0.4, -0.2) is 42.3 Å². The highest BCUT2D eigenvalue weighted by atomic mass is 16.5. The Morgan fingerprint density at radius 2 is 1.87 bits per heavy atom. The summed E-state index contributed by atoms with van der Waals surface area (Å²) >= 11 is 0. The Balaban J connectivity index is 3.77. The zero-order valence-electron chi connectivity index (χ0n) is 8.39. The Hall–Kier alpha value is -1.18. The molecule has 0 aromatic heterocycles. The SMILES string of the molecule is NCCC[C@H](N)C(=O)OC[C@H](N)C(=O)O. The number of rotatable bonds is 7. The van der Waals surface area contributed by atoms with Crippen molar-refractivity contribution in [2.75, 3.05) is 13.2 Å². The van der Waals surface area contributed by atoms with E-state index in [4.69, 9.17) is 22.3 Å². The molecule has 0 saturated heterocycles. The molecule has 0 aliphatic carbocycles. The average molecular weight is 219 g/mol. The Morgan fingerprint density at radius 1 is 1.27 bits per heavy atom. The predicted molar refractivity (Wildman–Crippen MR) is 52.8 cm³/mol. The lowest BCUT2D eigenvalue weighted by molar-refractivity contribution is -0.149. The van der Waals surface area contributed by atoms with Gasteiger partial charge in [-0.25, -0.2) is 0 Å².